The first kappa shape index (κ1) is 10.4. The molecule has 0 aromatic heterocycles. The molecular formula is C8H17N3O2. The van der Waals surface area contributed by atoms with Gasteiger partial charge in [0.2, 0.25) is 5.91 Å². The number of hydrogen-bond donors (Lipinski definition) is 4. The SMILES string of the molecule is CNCCNC(=O)[C@@H]1C[C@@H](O)CN1. The lowest BCUT2D eigenvalue weighted by molar-refractivity contribution is -0.122. The molecule has 1 saturated heterocycles. The summed E-state index contributed by atoms with van der Waals surface area (Å²) in [5.41, 5.74) is 0. The largest absolute Gasteiger partial charge is 0.392 e. The molecule has 0 bridgehead atoms. The number of hydrogen-bond acceptors (Lipinski definition) is 4. The molecule has 1 amide bonds. The van der Waals surface area contributed by atoms with Crippen molar-refractivity contribution in [2.45, 2.75) is 18.6 Å². The number of carbonyl (C=O) groups is 1. The molecule has 0 radical (unpaired) electrons. The first-order valence-electron chi connectivity index (χ1n) is 4.58. The highest BCUT2D eigenvalue weighted by Gasteiger charge is 2.27. The van der Waals surface area contributed by atoms with E-state index in [1.807, 2.05) is 7.05 Å². The third-order valence-corrected chi connectivity index (χ3v) is 2.10. The fourth-order valence-corrected chi connectivity index (χ4v) is 1.35. The average Bonchev–Trinajstić information content (AvgIpc) is 2.52. The number of nitrogens with one attached hydrogen (secondary N) is 3. The number of aliphatic hydroxyl groups is 1. The first-order chi connectivity index (χ1) is 6.24. The summed E-state index contributed by atoms with van der Waals surface area (Å²) in [4.78, 5) is 11.4. The van der Waals surface area contributed by atoms with Crippen molar-refractivity contribution in [3.63, 3.8) is 0 Å². The smallest absolute Gasteiger partial charge is 0.237 e. The fourth-order valence-electron chi connectivity index (χ4n) is 1.35. The van der Waals surface area contributed by atoms with Crippen molar-refractivity contribution in [2.75, 3.05) is 26.7 Å². The molecule has 1 heterocycles. The summed E-state index contributed by atoms with van der Waals surface area (Å²) in [6, 6.07) is -0.216. The zero-order valence-corrected chi connectivity index (χ0v) is 7.84. The highest BCUT2D eigenvalue weighted by molar-refractivity contribution is 5.82. The van der Waals surface area contributed by atoms with E-state index in [1.165, 1.54) is 0 Å². The molecule has 0 aromatic carbocycles. The van der Waals surface area contributed by atoms with E-state index in [1.54, 1.807) is 0 Å². The van der Waals surface area contributed by atoms with Crippen LogP contribution >= 0.6 is 0 Å². The van der Waals surface area contributed by atoms with Crippen LogP contribution in [0.4, 0.5) is 0 Å². The first-order valence-corrected chi connectivity index (χ1v) is 4.58. The summed E-state index contributed by atoms with van der Waals surface area (Å²) >= 11 is 0. The van der Waals surface area contributed by atoms with Crippen molar-refractivity contribution in [1.82, 2.24) is 16.0 Å². The van der Waals surface area contributed by atoms with Gasteiger partial charge in [0.05, 0.1) is 12.1 Å². The highest BCUT2D eigenvalue weighted by atomic mass is 16.3. The summed E-state index contributed by atoms with van der Waals surface area (Å²) in [5, 5.41) is 17.8. The lowest BCUT2D eigenvalue weighted by Gasteiger charge is -2.10. The number of carbonyl (C=O) groups excluding carboxylic acids is 1. The van der Waals surface area contributed by atoms with Crippen molar-refractivity contribution in [2.24, 2.45) is 0 Å². The van der Waals surface area contributed by atoms with Gasteiger partial charge < -0.3 is 21.1 Å². The van der Waals surface area contributed by atoms with Gasteiger partial charge in [-0.05, 0) is 13.5 Å². The molecule has 1 fully saturated rings. The number of amides is 1. The predicted octanol–water partition coefficient (Wildman–Crippen LogP) is -1.96. The van der Waals surface area contributed by atoms with E-state index in [9.17, 15) is 4.79 Å². The van der Waals surface area contributed by atoms with Crippen LogP contribution in [0.3, 0.4) is 0 Å². The van der Waals surface area contributed by atoms with Gasteiger partial charge in [-0.3, -0.25) is 4.79 Å². The van der Waals surface area contributed by atoms with Gasteiger partial charge in [-0.1, -0.05) is 0 Å². The maximum atomic E-state index is 11.4. The van der Waals surface area contributed by atoms with Gasteiger partial charge >= 0.3 is 0 Å². The van der Waals surface area contributed by atoms with Crippen molar-refractivity contribution >= 4 is 5.91 Å². The molecule has 4 N–H and O–H groups in total. The minimum absolute atomic E-state index is 0.0215. The van der Waals surface area contributed by atoms with Gasteiger partial charge in [-0.25, -0.2) is 0 Å². The summed E-state index contributed by atoms with van der Waals surface area (Å²) in [7, 11) is 1.84. The van der Waals surface area contributed by atoms with Crippen LogP contribution in [0.2, 0.25) is 0 Å². The second-order valence-electron chi connectivity index (χ2n) is 3.24. The quantitative estimate of drug-likeness (QED) is 0.386. The van der Waals surface area contributed by atoms with Gasteiger partial charge in [-0.15, -0.1) is 0 Å². The molecule has 5 heteroatoms. The topological polar surface area (TPSA) is 73.4 Å². The van der Waals surface area contributed by atoms with Crippen LogP contribution in [0, 0.1) is 0 Å². The van der Waals surface area contributed by atoms with Crippen molar-refractivity contribution in [1.29, 1.82) is 0 Å². The van der Waals surface area contributed by atoms with E-state index in [0.717, 1.165) is 6.54 Å². The van der Waals surface area contributed by atoms with E-state index >= 15 is 0 Å². The standard InChI is InChI=1S/C8H17N3O2/c1-9-2-3-10-8(13)7-4-6(12)5-11-7/h6-7,9,11-12H,2-5H2,1H3,(H,10,13)/t6-,7+/m1/s1. The fraction of sp³-hybridized carbons (Fsp3) is 0.875. The normalized spacial score (nSPS) is 27.5. The van der Waals surface area contributed by atoms with Crippen LogP contribution in [0.5, 0.6) is 0 Å². The van der Waals surface area contributed by atoms with E-state index in [4.69, 9.17) is 5.11 Å². The van der Waals surface area contributed by atoms with Gasteiger partial charge in [-0.2, -0.15) is 0 Å². The summed E-state index contributed by atoms with van der Waals surface area (Å²) in [5.74, 6) is -0.0215. The van der Waals surface area contributed by atoms with Gasteiger partial charge in [0.15, 0.2) is 0 Å². The molecule has 0 saturated carbocycles. The van der Waals surface area contributed by atoms with Crippen molar-refractivity contribution in [3.8, 4) is 0 Å². The Bertz CT molecular complexity index is 175. The Hall–Kier alpha value is -0.650. The molecule has 1 aliphatic heterocycles. The molecule has 5 nitrogen and oxygen atoms in total. The van der Waals surface area contributed by atoms with Crippen molar-refractivity contribution in [3.05, 3.63) is 0 Å². The molecule has 1 rings (SSSR count). The number of likely N-dealkylation sites (N-methyl/N-ethyl adjacent to an activating group) is 1. The minimum atomic E-state index is -0.375. The Morgan fingerprint density at radius 1 is 1.62 bits per heavy atom. The zero-order valence-electron chi connectivity index (χ0n) is 7.84. The van der Waals surface area contributed by atoms with E-state index < -0.39 is 0 Å². The minimum Gasteiger partial charge on any atom is -0.392 e. The second kappa shape index (κ2) is 5.16. The molecular weight excluding hydrogens is 170 g/mol. The van der Waals surface area contributed by atoms with Crippen LogP contribution < -0.4 is 16.0 Å². The summed E-state index contributed by atoms with van der Waals surface area (Å²) in [6.45, 7) is 1.91. The Labute approximate surface area is 77.9 Å². The Kier molecular flexibility index (Phi) is 4.14. The molecule has 2 atom stereocenters. The monoisotopic (exact) mass is 187 g/mol. The Morgan fingerprint density at radius 2 is 2.38 bits per heavy atom. The zero-order chi connectivity index (χ0) is 9.68. The molecule has 0 aromatic rings. The summed E-state index contributed by atoms with van der Waals surface area (Å²) in [6.07, 6.45) is 0.144. The second-order valence-corrected chi connectivity index (χ2v) is 3.24. The number of β-amino-alcohol motifs (C(OH)–C–C–N with tert-alkyl or cyclic N) is 1. The highest BCUT2D eigenvalue weighted by Crippen LogP contribution is 2.05. The average molecular weight is 187 g/mol. The summed E-state index contributed by atoms with van der Waals surface area (Å²) < 4.78 is 0. The third kappa shape index (κ3) is 3.30. The lowest BCUT2D eigenvalue weighted by atomic mass is 10.2. The maximum absolute atomic E-state index is 11.4. The van der Waals surface area contributed by atoms with Crippen molar-refractivity contribution < 1.29 is 9.90 Å². The molecule has 13 heavy (non-hydrogen) atoms. The van der Waals surface area contributed by atoms with E-state index in [2.05, 4.69) is 16.0 Å². The third-order valence-electron chi connectivity index (χ3n) is 2.10. The maximum Gasteiger partial charge on any atom is 0.237 e. The number of rotatable bonds is 4. The van der Waals surface area contributed by atoms with E-state index in [-0.39, 0.29) is 18.1 Å². The molecule has 76 valence electrons. The van der Waals surface area contributed by atoms with Crippen LogP contribution in [-0.2, 0) is 4.79 Å². The Balaban J connectivity index is 2.16. The lowest BCUT2D eigenvalue weighted by Crippen LogP contribution is -2.42. The van der Waals surface area contributed by atoms with Gasteiger partial charge in [0.25, 0.3) is 0 Å². The van der Waals surface area contributed by atoms with Gasteiger partial charge in [0, 0.05) is 19.6 Å². The van der Waals surface area contributed by atoms with Crippen LogP contribution in [0.25, 0.3) is 0 Å². The molecule has 1 aliphatic rings. The van der Waals surface area contributed by atoms with E-state index in [0.29, 0.717) is 19.5 Å². The molecule has 0 aliphatic carbocycles. The van der Waals surface area contributed by atoms with Gasteiger partial charge in [0.1, 0.15) is 0 Å². The van der Waals surface area contributed by atoms with Crippen LogP contribution in [-0.4, -0.2) is 49.8 Å². The molecule has 0 unspecified atom stereocenters. The predicted molar refractivity (Wildman–Crippen MR) is 49.4 cm³/mol. The molecule has 0 spiro atoms. The Morgan fingerprint density at radius 3 is 2.92 bits per heavy atom. The van der Waals surface area contributed by atoms with Crippen LogP contribution in [0.15, 0.2) is 0 Å². The number of aliphatic hydroxyl groups excluding tert-OH is 1. The van der Waals surface area contributed by atoms with Crippen LogP contribution in [0.1, 0.15) is 6.42 Å².